The molecule has 2 N–H and O–H groups in total. The van der Waals surface area contributed by atoms with Gasteiger partial charge >= 0.3 is 0 Å². The van der Waals surface area contributed by atoms with Crippen molar-refractivity contribution in [2.75, 3.05) is 5.43 Å². The molecule has 8 nitrogen and oxygen atoms in total. The van der Waals surface area contributed by atoms with Crippen LogP contribution in [0.5, 0.6) is 0 Å². The molecule has 0 amide bonds. The SMILES string of the molecule is Cc1c(/C=N/Nc2nnc(C)c(=O)[nH]2)c2ccccn2c1C(=O)c1ccc(F)cc1. The Kier molecular flexibility index (Phi) is 4.93. The van der Waals surface area contributed by atoms with E-state index in [9.17, 15) is 14.0 Å². The third-order valence-corrected chi connectivity index (χ3v) is 4.68. The number of benzene rings is 1. The highest BCUT2D eigenvalue weighted by molar-refractivity contribution is 6.11. The lowest BCUT2D eigenvalue weighted by molar-refractivity contribution is 0.103. The van der Waals surface area contributed by atoms with Gasteiger partial charge in [0.05, 0.1) is 17.4 Å². The summed E-state index contributed by atoms with van der Waals surface area (Å²) in [6.45, 7) is 3.37. The minimum atomic E-state index is -0.403. The van der Waals surface area contributed by atoms with Crippen molar-refractivity contribution in [3.05, 3.63) is 92.9 Å². The van der Waals surface area contributed by atoms with Crippen molar-refractivity contribution in [3.63, 3.8) is 0 Å². The molecule has 0 fully saturated rings. The first-order valence-electron chi connectivity index (χ1n) is 9.08. The van der Waals surface area contributed by atoms with Gasteiger partial charge in [0.1, 0.15) is 11.5 Å². The molecule has 9 heteroatoms. The number of ketones is 1. The average Bonchev–Trinajstić information content (AvgIpc) is 3.02. The molecule has 1 aromatic carbocycles. The number of hydrazone groups is 1. The second kappa shape index (κ2) is 7.70. The molecule has 0 saturated heterocycles. The predicted molar refractivity (Wildman–Crippen MR) is 111 cm³/mol. The van der Waals surface area contributed by atoms with Crippen molar-refractivity contribution < 1.29 is 9.18 Å². The summed E-state index contributed by atoms with van der Waals surface area (Å²) in [5.41, 5.74) is 5.58. The second-order valence-electron chi connectivity index (χ2n) is 6.64. The van der Waals surface area contributed by atoms with Crippen LogP contribution in [0, 0.1) is 19.7 Å². The molecule has 0 aliphatic rings. The lowest BCUT2D eigenvalue weighted by Gasteiger charge is -2.04. The minimum Gasteiger partial charge on any atom is -0.313 e. The number of carbonyl (C=O) groups is 1. The van der Waals surface area contributed by atoms with E-state index in [0.717, 1.165) is 11.1 Å². The van der Waals surface area contributed by atoms with E-state index >= 15 is 0 Å². The maximum atomic E-state index is 13.2. The number of nitrogens with zero attached hydrogens (tertiary/aromatic N) is 4. The third-order valence-electron chi connectivity index (χ3n) is 4.68. The standard InChI is InChI=1S/C21H17FN6O2/c1-12-16(11-23-26-21-24-20(30)13(2)25-27-21)17-5-3-4-10-28(17)18(12)19(29)14-6-8-15(22)9-7-14/h3-11H,1-2H3,(H2,24,26,27,30)/b23-11+. The highest BCUT2D eigenvalue weighted by atomic mass is 19.1. The largest absolute Gasteiger partial charge is 0.313 e. The lowest BCUT2D eigenvalue weighted by atomic mass is 10.0. The molecule has 3 aromatic heterocycles. The molecule has 0 saturated carbocycles. The molecular weight excluding hydrogens is 387 g/mol. The van der Waals surface area contributed by atoms with Gasteiger partial charge in [-0.15, -0.1) is 10.2 Å². The first-order valence-corrected chi connectivity index (χ1v) is 9.08. The fourth-order valence-corrected chi connectivity index (χ4v) is 3.14. The van der Waals surface area contributed by atoms with Gasteiger partial charge < -0.3 is 4.40 Å². The number of anilines is 1. The number of pyridine rings is 1. The van der Waals surface area contributed by atoms with Gasteiger partial charge in [0, 0.05) is 17.3 Å². The molecule has 0 aliphatic heterocycles. The number of aromatic nitrogens is 4. The van der Waals surface area contributed by atoms with Crippen LogP contribution in [0.1, 0.15) is 32.9 Å². The Hall–Kier alpha value is -4.14. The molecule has 150 valence electrons. The van der Waals surface area contributed by atoms with Crippen LogP contribution >= 0.6 is 0 Å². The first-order chi connectivity index (χ1) is 14.5. The first kappa shape index (κ1) is 19.2. The van der Waals surface area contributed by atoms with E-state index in [1.54, 1.807) is 23.7 Å². The number of fused-ring (bicyclic) bond motifs is 1. The van der Waals surface area contributed by atoms with Gasteiger partial charge in [-0.25, -0.2) is 9.82 Å². The highest BCUT2D eigenvalue weighted by Crippen LogP contribution is 2.24. The summed E-state index contributed by atoms with van der Waals surface area (Å²) in [5.74, 6) is -0.528. The molecule has 3 heterocycles. The van der Waals surface area contributed by atoms with Gasteiger partial charge in [-0.05, 0) is 55.8 Å². The van der Waals surface area contributed by atoms with Crippen molar-refractivity contribution in [2.24, 2.45) is 5.10 Å². The number of rotatable bonds is 5. The van der Waals surface area contributed by atoms with E-state index in [-0.39, 0.29) is 23.0 Å². The number of nitrogens with one attached hydrogen (secondary N) is 2. The normalized spacial score (nSPS) is 11.3. The number of aryl methyl sites for hydroxylation is 1. The second-order valence-corrected chi connectivity index (χ2v) is 6.64. The fraction of sp³-hybridized carbons (Fsp3) is 0.0952. The third kappa shape index (κ3) is 3.48. The fourth-order valence-electron chi connectivity index (χ4n) is 3.14. The number of halogens is 1. The monoisotopic (exact) mass is 404 g/mol. The molecule has 0 spiro atoms. The number of hydrogen-bond donors (Lipinski definition) is 2. The van der Waals surface area contributed by atoms with Gasteiger partial charge in [-0.1, -0.05) is 6.07 Å². The Morgan fingerprint density at radius 2 is 1.93 bits per heavy atom. The number of aromatic amines is 1. The van der Waals surface area contributed by atoms with Crippen LogP contribution in [0.25, 0.3) is 5.52 Å². The predicted octanol–water partition coefficient (Wildman–Crippen LogP) is 2.85. The molecule has 0 radical (unpaired) electrons. The number of hydrogen-bond acceptors (Lipinski definition) is 6. The van der Waals surface area contributed by atoms with Crippen molar-refractivity contribution in [1.29, 1.82) is 0 Å². The van der Waals surface area contributed by atoms with Crippen LogP contribution < -0.4 is 11.0 Å². The summed E-state index contributed by atoms with van der Waals surface area (Å²) < 4.78 is 15.0. The Morgan fingerprint density at radius 1 is 1.17 bits per heavy atom. The zero-order valence-corrected chi connectivity index (χ0v) is 16.2. The summed E-state index contributed by atoms with van der Waals surface area (Å²) in [4.78, 5) is 27.2. The maximum Gasteiger partial charge on any atom is 0.274 e. The summed E-state index contributed by atoms with van der Waals surface area (Å²) >= 11 is 0. The maximum absolute atomic E-state index is 13.2. The van der Waals surface area contributed by atoms with Crippen LogP contribution in [0.2, 0.25) is 0 Å². The van der Waals surface area contributed by atoms with Crippen molar-refractivity contribution in [2.45, 2.75) is 13.8 Å². The van der Waals surface area contributed by atoms with E-state index in [2.05, 4.69) is 25.7 Å². The number of H-pyrrole nitrogens is 1. The van der Waals surface area contributed by atoms with E-state index in [4.69, 9.17) is 0 Å². The van der Waals surface area contributed by atoms with Crippen LogP contribution in [0.15, 0.2) is 58.6 Å². The molecule has 0 atom stereocenters. The van der Waals surface area contributed by atoms with Crippen molar-refractivity contribution >= 4 is 23.5 Å². The van der Waals surface area contributed by atoms with Gasteiger partial charge in [0.15, 0.2) is 0 Å². The molecule has 0 unspecified atom stereocenters. The van der Waals surface area contributed by atoms with E-state index < -0.39 is 5.82 Å². The van der Waals surface area contributed by atoms with Gasteiger partial charge in [0.25, 0.3) is 5.56 Å². The van der Waals surface area contributed by atoms with Crippen molar-refractivity contribution in [1.82, 2.24) is 19.6 Å². The zero-order valence-electron chi connectivity index (χ0n) is 16.2. The van der Waals surface area contributed by atoms with Crippen LogP contribution in [0.4, 0.5) is 10.3 Å². The average molecular weight is 404 g/mol. The Balaban J connectivity index is 1.73. The summed E-state index contributed by atoms with van der Waals surface area (Å²) in [6, 6.07) is 11.0. The van der Waals surface area contributed by atoms with Gasteiger partial charge in [0.2, 0.25) is 11.7 Å². The Bertz CT molecular complexity index is 1340. The van der Waals surface area contributed by atoms with E-state index in [1.165, 1.54) is 24.3 Å². The molecule has 0 aliphatic carbocycles. The van der Waals surface area contributed by atoms with Crippen molar-refractivity contribution in [3.8, 4) is 0 Å². The zero-order chi connectivity index (χ0) is 21.3. The topological polar surface area (TPSA) is 105 Å². The smallest absolute Gasteiger partial charge is 0.274 e. The van der Waals surface area contributed by atoms with Gasteiger partial charge in [-0.3, -0.25) is 14.6 Å². The number of carbonyl (C=O) groups excluding carboxylic acids is 1. The van der Waals surface area contributed by atoms with E-state index in [0.29, 0.717) is 16.8 Å². The molecule has 4 aromatic rings. The molecular formula is C21H17FN6O2. The summed E-state index contributed by atoms with van der Waals surface area (Å²) in [7, 11) is 0. The minimum absolute atomic E-state index is 0.102. The van der Waals surface area contributed by atoms with E-state index in [1.807, 2.05) is 25.1 Å². The highest BCUT2D eigenvalue weighted by Gasteiger charge is 2.20. The molecule has 0 bridgehead atoms. The van der Waals surface area contributed by atoms with Gasteiger partial charge in [-0.2, -0.15) is 5.10 Å². The lowest BCUT2D eigenvalue weighted by Crippen LogP contribution is -2.15. The molecule has 4 rings (SSSR count). The quantitative estimate of drug-likeness (QED) is 0.302. The van der Waals surface area contributed by atoms with Crippen LogP contribution in [-0.2, 0) is 0 Å². The van der Waals surface area contributed by atoms with Crippen LogP contribution in [0.3, 0.4) is 0 Å². The van der Waals surface area contributed by atoms with Crippen LogP contribution in [-0.4, -0.2) is 31.6 Å². The summed E-state index contributed by atoms with van der Waals surface area (Å²) in [5, 5.41) is 11.7. The Morgan fingerprint density at radius 3 is 2.67 bits per heavy atom. The molecule has 30 heavy (non-hydrogen) atoms. The Labute approximate surface area is 170 Å². The summed E-state index contributed by atoms with van der Waals surface area (Å²) in [6.07, 6.45) is 3.33.